The van der Waals surface area contributed by atoms with Gasteiger partial charge in [0.1, 0.15) is 0 Å². The van der Waals surface area contributed by atoms with E-state index in [0.717, 1.165) is 31.6 Å². The molecule has 1 aromatic rings. The summed E-state index contributed by atoms with van der Waals surface area (Å²) in [5.41, 5.74) is 0.958. The molecule has 1 aliphatic rings. The normalized spacial score (nSPS) is 16.6. The third-order valence-electron chi connectivity index (χ3n) is 3.88. The van der Waals surface area contributed by atoms with E-state index in [0.29, 0.717) is 17.6 Å². The van der Waals surface area contributed by atoms with Gasteiger partial charge in [-0.25, -0.2) is 0 Å². The van der Waals surface area contributed by atoms with Crippen molar-refractivity contribution >= 4 is 17.5 Å². The van der Waals surface area contributed by atoms with Crippen molar-refractivity contribution in [3.63, 3.8) is 0 Å². The summed E-state index contributed by atoms with van der Waals surface area (Å²) in [6.45, 7) is 7.48. The lowest BCUT2D eigenvalue weighted by atomic mass is 10.1. The van der Waals surface area contributed by atoms with Crippen molar-refractivity contribution in [1.29, 1.82) is 0 Å². The van der Waals surface area contributed by atoms with Gasteiger partial charge < -0.3 is 10.6 Å². The second-order valence-electron chi connectivity index (χ2n) is 5.59. The number of amides is 1. The highest BCUT2D eigenvalue weighted by Crippen LogP contribution is 2.22. The summed E-state index contributed by atoms with van der Waals surface area (Å²) in [5, 5.41) is 6.99. The summed E-state index contributed by atoms with van der Waals surface area (Å²) >= 11 is 6.17. The standard InChI is InChI=1S/C16H24ClN3O/c1-3-8-20(13-9-18-10-13)11-16(21)19-12(2)14-6-4-5-7-15(14)17/h4-7,12-13,18H,3,8-11H2,1-2H3,(H,19,21). The van der Waals surface area contributed by atoms with Crippen LogP contribution in [0, 0.1) is 0 Å². The minimum atomic E-state index is -0.0748. The smallest absolute Gasteiger partial charge is 0.234 e. The van der Waals surface area contributed by atoms with Crippen LogP contribution < -0.4 is 10.6 Å². The van der Waals surface area contributed by atoms with E-state index in [1.807, 2.05) is 31.2 Å². The lowest BCUT2D eigenvalue weighted by Crippen LogP contribution is -2.59. The minimum Gasteiger partial charge on any atom is -0.348 e. The molecule has 1 fully saturated rings. The highest BCUT2D eigenvalue weighted by molar-refractivity contribution is 6.31. The number of carbonyl (C=O) groups is 1. The molecule has 1 amide bonds. The molecule has 0 saturated carbocycles. The maximum atomic E-state index is 12.3. The van der Waals surface area contributed by atoms with Crippen LogP contribution in [0.4, 0.5) is 0 Å². The summed E-state index contributed by atoms with van der Waals surface area (Å²) in [6, 6.07) is 8.05. The molecular weight excluding hydrogens is 286 g/mol. The summed E-state index contributed by atoms with van der Waals surface area (Å²) in [6.07, 6.45) is 1.06. The summed E-state index contributed by atoms with van der Waals surface area (Å²) in [7, 11) is 0. The van der Waals surface area contributed by atoms with Gasteiger partial charge >= 0.3 is 0 Å². The molecule has 1 heterocycles. The van der Waals surface area contributed by atoms with Gasteiger partial charge in [-0.15, -0.1) is 0 Å². The Kier molecular flexibility index (Phi) is 6.03. The second-order valence-corrected chi connectivity index (χ2v) is 6.00. The van der Waals surface area contributed by atoms with Crippen LogP contribution in [0.2, 0.25) is 5.02 Å². The Labute approximate surface area is 131 Å². The molecule has 116 valence electrons. The maximum Gasteiger partial charge on any atom is 0.234 e. The number of rotatable bonds is 7. The molecule has 0 bridgehead atoms. The molecule has 1 unspecified atom stereocenters. The Hall–Kier alpha value is -1.10. The third-order valence-corrected chi connectivity index (χ3v) is 4.23. The molecule has 5 heteroatoms. The fourth-order valence-corrected chi connectivity index (χ4v) is 2.88. The average Bonchev–Trinajstić information content (AvgIpc) is 2.37. The molecule has 0 aliphatic carbocycles. The van der Waals surface area contributed by atoms with Gasteiger partial charge in [0.2, 0.25) is 5.91 Å². The van der Waals surface area contributed by atoms with E-state index in [9.17, 15) is 4.79 Å². The van der Waals surface area contributed by atoms with E-state index in [1.165, 1.54) is 0 Å². The lowest BCUT2D eigenvalue weighted by Gasteiger charge is -2.37. The Morgan fingerprint density at radius 2 is 2.19 bits per heavy atom. The first-order valence-corrected chi connectivity index (χ1v) is 7.98. The number of nitrogens with zero attached hydrogens (tertiary/aromatic N) is 1. The monoisotopic (exact) mass is 309 g/mol. The van der Waals surface area contributed by atoms with Gasteiger partial charge in [0.05, 0.1) is 12.6 Å². The van der Waals surface area contributed by atoms with Crippen molar-refractivity contribution in [1.82, 2.24) is 15.5 Å². The van der Waals surface area contributed by atoms with E-state index in [4.69, 9.17) is 11.6 Å². The van der Waals surface area contributed by atoms with Crippen LogP contribution in [0.25, 0.3) is 0 Å². The zero-order valence-electron chi connectivity index (χ0n) is 12.7. The van der Waals surface area contributed by atoms with Crippen molar-refractivity contribution in [3.8, 4) is 0 Å². The zero-order chi connectivity index (χ0) is 15.2. The topological polar surface area (TPSA) is 44.4 Å². The first-order chi connectivity index (χ1) is 10.1. The number of carbonyl (C=O) groups excluding carboxylic acids is 1. The van der Waals surface area contributed by atoms with E-state index < -0.39 is 0 Å². The Morgan fingerprint density at radius 3 is 2.76 bits per heavy atom. The van der Waals surface area contributed by atoms with Crippen molar-refractivity contribution in [2.75, 3.05) is 26.2 Å². The first-order valence-electron chi connectivity index (χ1n) is 7.60. The van der Waals surface area contributed by atoms with Gasteiger partial charge in [0.25, 0.3) is 0 Å². The van der Waals surface area contributed by atoms with Gasteiger partial charge in [0.15, 0.2) is 0 Å². The van der Waals surface area contributed by atoms with Crippen molar-refractivity contribution in [2.24, 2.45) is 0 Å². The summed E-state index contributed by atoms with van der Waals surface area (Å²) in [5.74, 6) is 0.0581. The van der Waals surface area contributed by atoms with Crippen molar-refractivity contribution < 1.29 is 4.79 Å². The molecule has 1 aromatic carbocycles. The van der Waals surface area contributed by atoms with E-state index >= 15 is 0 Å². The highest BCUT2D eigenvalue weighted by Gasteiger charge is 2.25. The predicted octanol–water partition coefficient (Wildman–Crippen LogP) is 2.20. The maximum absolute atomic E-state index is 12.3. The fourth-order valence-electron chi connectivity index (χ4n) is 2.59. The molecule has 1 atom stereocenters. The predicted molar refractivity (Wildman–Crippen MR) is 86.5 cm³/mol. The quantitative estimate of drug-likeness (QED) is 0.811. The Morgan fingerprint density at radius 1 is 1.48 bits per heavy atom. The highest BCUT2D eigenvalue weighted by atomic mass is 35.5. The number of nitrogens with one attached hydrogen (secondary N) is 2. The number of hydrogen-bond donors (Lipinski definition) is 2. The Balaban J connectivity index is 1.89. The van der Waals surface area contributed by atoms with E-state index in [-0.39, 0.29) is 11.9 Å². The third kappa shape index (κ3) is 4.43. The van der Waals surface area contributed by atoms with Gasteiger partial charge in [-0.2, -0.15) is 0 Å². The van der Waals surface area contributed by atoms with E-state index in [1.54, 1.807) is 0 Å². The molecule has 1 aliphatic heterocycles. The summed E-state index contributed by atoms with van der Waals surface area (Å²) in [4.78, 5) is 14.5. The van der Waals surface area contributed by atoms with Crippen LogP contribution in [0.1, 0.15) is 31.9 Å². The first kappa shape index (κ1) is 16.3. The van der Waals surface area contributed by atoms with Crippen LogP contribution >= 0.6 is 11.6 Å². The molecule has 21 heavy (non-hydrogen) atoms. The largest absolute Gasteiger partial charge is 0.348 e. The van der Waals surface area contributed by atoms with E-state index in [2.05, 4.69) is 22.5 Å². The molecule has 0 aromatic heterocycles. The zero-order valence-corrected chi connectivity index (χ0v) is 13.5. The lowest BCUT2D eigenvalue weighted by molar-refractivity contribution is -0.123. The molecule has 2 rings (SSSR count). The second kappa shape index (κ2) is 7.78. The van der Waals surface area contributed by atoms with Gasteiger partial charge in [-0.3, -0.25) is 9.69 Å². The van der Waals surface area contributed by atoms with Crippen LogP contribution in [-0.4, -0.2) is 43.0 Å². The number of benzene rings is 1. The molecule has 2 N–H and O–H groups in total. The number of halogens is 1. The van der Waals surface area contributed by atoms with Gasteiger partial charge in [-0.05, 0) is 31.5 Å². The molecule has 4 nitrogen and oxygen atoms in total. The Bertz CT molecular complexity index is 476. The molecule has 0 spiro atoms. The number of hydrogen-bond acceptors (Lipinski definition) is 3. The van der Waals surface area contributed by atoms with Crippen molar-refractivity contribution in [2.45, 2.75) is 32.4 Å². The van der Waals surface area contributed by atoms with Gasteiger partial charge in [-0.1, -0.05) is 36.7 Å². The molecule has 0 radical (unpaired) electrons. The molecular formula is C16H24ClN3O. The van der Waals surface area contributed by atoms with Crippen molar-refractivity contribution in [3.05, 3.63) is 34.9 Å². The fraction of sp³-hybridized carbons (Fsp3) is 0.562. The van der Waals surface area contributed by atoms with Crippen LogP contribution in [0.3, 0.4) is 0 Å². The summed E-state index contributed by atoms with van der Waals surface area (Å²) < 4.78 is 0. The van der Waals surface area contributed by atoms with Crippen LogP contribution in [0.5, 0.6) is 0 Å². The average molecular weight is 310 g/mol. The van der Waals surface area contributed by atoms with Crippen LogP contribution in [0.15, 0.2) is 24.3 Å². The minimum absolute atomic E-state index is 0.0581. The SMILES string of the molecule is CCCN(CC(=O)NC(C)c1ccccc1Cl)C1CNC1. The van der Waals surface area contributed by atoms with Crippen LogP contribution in [-0.2, 0) is 4.79 Å². The molecule has 1 saturated heterocycles. The van der Waals surface area contributed by atoms with Gasteiger partial charge in [0, 0.05) is 24.2 Å².